The standard InChI is InChI=1S/C20H34N.C6H12.2C5H12.C3H6.C2H7N.C2H4.K/c1-7-8-13-20(15-18(4)5)16-19(6)21-14-11-9-10-12-17(2)3;1-2-6-4-3-5-6;1-5(2,3)4;1-4-5(2)3;1-3-2;1-2-3;1-2;/h9-10,20H,2,4,6-8,11-16H2,1,3,5H3;6H,2-5H2,1H3;1-4H3;5H,4H2,1-3H3;3H,1H2,2H3;2-3H2,1H3;1-2H2;/q-1;;;;;;;+1/b10-9-;;;;;;;. The van der Waals surface area contributed by atoms with Gasteiger partial charge in [-0.1, -0.05) is 157 Å². The van der Waals surface area contributed by atoms with Crippen molar-refractivity contribution in [1.82, 2.24) is 0 Å². The van der Waals surface area contributed by atoms with E-state index in [1.54, 1.807) is 6.08 Å². The quantitative estimate of drug-likeness (QED) is 0.105. The Labute approximate surface area is 337 Å². The molecule has 0 bridgehead atoms. The van der Waals surface area contributed by atoms with Crippen LogP contribution in [0.1, 0.15) is 167 Å². The zero-order chi connectivity index (χ0) is 36.7. The molecule has 0 aromatic heterocycles. The number of rotatable bonds is 15. The van der Waals surface area contributed by atoms with Crippen molar-refractivity contribution in [2.24, 2.45) is 28.9 Å². The third kappa shape index (κ3) is 84.6. The molecule has 2 N–H and O–H groups in total. The average Bonchev–Trinajstić information content (AvgIpc) is 2.90. The summed E-state index contributed by atoms with van der Waals surface area (Å²) in [4.78, 5) is 0. The van der Waals surface area contributed by atoms with Gasteiger partial charge < -0.3 is 11.1 Å². The summed E-state index contributed by atoms with van der Waals surface area (Å²) < 4.78 is 0. The minimum Gasteiger partial charge on any atom is -0.688 e. The van der Waals surface area contributed by atoms with Crippen molar-refractivity contribution in [3.05, 3.63) is 79.9 Å². The van der Waals surface area contributed by atoms with Gasteiger partial charge in [0.2, 0.25) is 0 Å². The predicted molar refractivity (Wildman–Crippen MR) is 217 cm³/mol. The minimum absolute atomic E-state index is 0. The fraction of sp³-hybridized carbons (Fsp3) is 0.721. The Kier molecular flexibility index (Phi) is 65.4. The maximum absolute atomic E-state index is 4.85. The fourth-order valence-corrected chi connectivity index (χ4v) is 3.26. The molecule has 1 fully saturated rings. The Hall–Kier alpha value is -0.164. The Balaban J connectivity index is -0.0000000983. The van der Waals surface area contributed by atoms with Gasteiger partial charge in [-0.2, -0.15) is 5.70 Å². The van der Waals surface area contributed by atoms with Crippen LogP contribution >= 0.6 is 0 Å². The van der Waals surface area contributed by atoms with Crippen LogP contribution in [0.25, 0.3) is 5.32 Å². The van der Waals surface area contributed by atoms with Crippen LogP contribution in [0.5, 0.6) is 0 Å². The summed E-state index contributed by atoms with van der Waals surface area (Å²) in [7, 11) is 0. The maximum Gasteiger partial charge on any atom is 1.00 e. The van der Waals surface area contributed by atoms with E-state index >= 15 is 0 Å². The first-order chi connectivity index (χ1) is 21.0. The van der Waals surface area contributed by atoms with Gasteiger partial charge in [0, 0.05) is 0 Å². The van der Waals surface area contributed by atoms with E-state index in [9.17, 15) is 0 Å². The van der Waals surface area contributed by atoms with Crippen molar-refractivity contribution < 1.29 is 51.4 Å². The van der Waals surface area contributed by atoms with E-state index in [1.807, 2.05) is 13.8 Å². The summed E-state index contributed by atoms with van der Waals surface area (Å²) in [5, 5.41) is 4.60. The van der Waals surface area contributed by atoms with Gasteiger partial charge in [0.05, 0.1) is 0 Å². The summed E-state index contributed by atoms with van der Waals surface area (Å²) in [6.07, 6.45) is 21.2. The Morgan fingerprint density at radius 3 is 1.61 bits per heavy atom. The van der Waals surface area contributed by atoms with E-state index in [0.29, 0.717) is 11.3 Å². The van der Waals surface area contributed by atoms with Crippen LogP contribution in [0, 0.1) is 23.2 Å². The summed E-state index contributed by atoms with van der Waals surface area (Å²) in [6, 6.07) is 0. The third-order valence-electron chi connectivity index (χ3n) is 6.01. The van der Waals surface area contributed by atoms with E-state index in [0.717, 1.165) is 56.3 Å². The molecule has 0 radical (unpaired) electrons. The second-order valence-corrected chi connectivity index (χ2v) is 14.1. The molecular weight excluding hydrogens is 584 g/mol. The van der Waals surface area contributed by atoms with Gasteiger partial charge in [0.15, 0.2) is 0 Å². The Morgan fingerprint density at radius 2 is 1.35 bits per heavy atom. The normalized spacial score (nSPS) is 11.8. The molecule has 1 aliphatic rings. The topological polar surface area (TPSA) is 40.1 Å². The molecule has 1 atom stereocenters. The van der Waals surface area contributed by atoms with Crippen molar-refractivity contribution in [2.75, 3.05) is 13.1 Å². The SMILES string of the molecule is C=C.C=C(C)C/C=C\CC[N-]C(=C)CC(CCCC)CC(=C)C.C=CC.CC(C)(C)C.CCC(C)C.CCC1CCC1.CCN.[K+]. The van der Waals surface area contributed by atoms with E-state index in [1.165, 1.54) is 62.5 Å². The largest absolute Gasteiger partial charge is 1.00 e. The van der Waals surface area contributed by atoms with Gasteiger partial charge in [0.25, 0.3) is 0 Å². The van der Waals surface area contributed by atoms with E-state index in [-0.39, 0.29) is 51.4 Å². The van der Waals surface area contributed by atoms with Crippen LogP contribution in [0.3, 0.4) is 0 Å². The van der Waals surface area contributed by atoms with Crippen LogP contribution in [-0.2, 0) is 0 Å². The number of nitrogens with two attached hydrogens (primary N) is 1. The molecule has 0 aromatic carbocycles. The number of nitrogens with zero attached hydrogens (tertiary/aromatic N) is 1. The van der Waals surface area contributed by atoms with Crippen LogP contribution in [0.4, 0.5) is 0 Å². The van der Waals surface area contributed by atoms with Gasteiger partial charge in [0.1, 0.15) is 0 Å². The monoisotopic (exact) mass is 671 g/mol. The molecule has 1 aliphatic carbocycles. The molecule has 3 heteroatoms. The molecule has 0 aliphatic heterocycles. The molecule has 2 nitrogen and oxygen atoms in total. The molecule has 0 amide bonds. The van der Waals surface area contributed by atoms with Gasteiger partial charge in [-0.05, 0) is 76.2 Å². The second-order valence-electron chi connectivity index (χ2n) is 14.1. The molecule has 46 heavy (non-hydrogen) atoms. The van der Waals surface area contributed by atoms with E-state index in [2.05, 4.69) is 133 Å². The van der Waals surface area contributed by atoms with Crippen LogP contribution in [0.2, 0.25) is 0 Å². The Morgan fingerprint density at radius 1 is 0.913 bits per heavy atom. The van der Waals surface area contributed by atoms with Crippen molar-refractivity contribution in [3.63, 3.8) is 0 Å². The summed E-state index contributed by atoms with van der Waals surface area (Å²) >= 11 is 0. The predicted octanol–water partition coefficient (Wildman–Crippen LogP) is 12.2. The zero-order valence-electron chi connectivity index (χ0n) is 34.6. The number of hydrogen-bond donors (Lipinski definition) is 1. The molecule has 0 aromatic rings. The molecular formula is C43H87KN2. The van der Waals surface area contributed by atoms with Crippen LogP contribution < -0.4 is 57.1 Å². The van der Waals surface area contributed by atoms with Gasteiger partial charge in [-0.3, -0.25) is 0 Å². The van der Waals surface area contributed by atoms with Crippen molar-refractivity contribution in [3.8, 4) is 0 Å². The van der Waals surface area contributed by atoms with Crippen LogP contribution in [-0.4, -0.2) is 13.1 Å². The molecule has 270 valence electrons. The van der Waals surface area contributed by atoms with Gasteiger partial charge in [-0.15, -0.1) is 39.4 Å². The van der Waals surface area contributed by atoms with E-state index in [4.69, 9.17) is 5.73 Å². The third-order valence-corrected chi connectivity index (χ3v) is 6.01. The van der Waals surface area contributed by atoms with Crippen molar-refractivity contribution in [1.29, 1.82) is 0 Å². The first-order valence-corrected chi connectivity index (χ1v) is 18.0. The number of hydrogen-bond acceptors (Lipinski definition) is 1. The van der Waals surface area contributed by atoms with Crippen LogP contribution in [0.15, 0.2) is 74.5 Å². The van der Waals surface area contributed by atoms with Crippen molar-refractivity contribution >= 4 is 0 Å². The summed E-state index contributed by atoms with van der Waals surface area (Å²) in [5.41, 5.74) is 8.86. The minimum atomic E-state index is 0. The summed E-state index contributed by atoms with van der Waals surface area (Å²) in [5.74, 6) is 2.66. The molecule has 1 rings (SSSR count). The zero-order valence-corrected chi connectivity index (χ0v) is 37.8. The number of unbranched alkanes of at least 4 members (excludes halogenated alkanes) is 1. The van der Waals surface area contributed by atoms with Crippen molar-refractivity contribution in [2.45, 2.75) is 167 Å². The first kappa shape index (κ1) is 61.1. The second kappa shape index (κ2) is 49.2. The molecule has 1 unspecified atom stereocenters. The first-order valence-electron chi connectivity index (χ1n) is 18.0. The van der Waals surface area contributed by atoms with Gasteiger partial charge >= 0.3 is 51.4 Å². The van der Waals surface area contributed by atoms with Gasteiger partial charge in [-0.25, -0.2) is 0 Å². The molecule has 0 spiro atoms. The fourth-order valence-electron chi connectivity index (χ4n) is 3.26. The Bertz CT molecular complexity index is 641. The molecule has 0 saturated heterocycles. The van der Waals surface area contributed by atoms with E-state index < -0.39 is 0 Å². The smallest absolute Gasteiger partial charge is 0.688 e. The number of allylic oxidation sites excluding steroid dienone is 5. The molecule has 0 heterocycles. The molecule has 1 saturated carbocycles. The summed E-state index contributed by atoms with van der Waals surface area (Å²) in [6.45, 7) is 50.9. The average molecular weight is 671 g/mol. The maximum atomic E-state index is 4.85.